The van der Waals surface area contributed by atoms with Crippen molar-refractivity contribution < 1.29 is 0 Å². The van der Waals surface area contributed by atoms with Crippen molar-refractivity contribution in [2.75, 3.05) is 26.7 Å². The number of likely N-dealkylation sites (N-methyl/N-ethyl adjacent to an activating group) is 1. The number of nitrogens with two attached hydrogens (primary N) is 1. The largest absolute Gasteiger partial charge is 0.333 e. The molecule has 1 aromatic rings. The van der Waals surface area contributed by atoms with Crippen molar-refractivity contribution in [3.63, 3.8) is 0 Å². The molecule has 1 spiro atoms. The van der Waals surface area contributed by atoms with E-state index in [0.717, 1.165) is 0 Å². The van der Waals surface area contributed by atoms with Gasteiger partial charge in [-0.2, -0.15) is 0 Å². The van der Waals surface area contributed by atoms with Gasteiger partial charge in [-0.05, 0) is 37.6 Å². The number of hydrogen-bond donors (Lipinski definition) is 1. The molecular weight excluding hydrogens is 196 g/mol. The maximum atomic E-state index is 4.50. The van der Waals surface area contributed by atoms with Crippen molar-refractivity contribution in [2.24, 2.45) is 5.73 Å². The van der Waals surface area contributed by atoms with Crippen LogP contribution in [0.3, 0.4) is 0 Å². The van der Waals surface area contributed by atoms with Gasteiger partial charge in [0.15, 0.2) is 0 Å². The predicted octanol–water partition coefficient (Wildman–Crippen LogP) is 1.78. The molecule has 2 nitrogen and oxygen atoms in total. The number of fused-ring (bicyclic) bond motifs is 2. The van der Waals surface area contributed by atoms with Gasteiger partial charge in [-0.15, -0.1) is 0 Å². The Labute approximate surface area is 98.4 Å². The fourth-order valence-corrected chi connectivity index (χ4v) is 3.13. The van der Waals surface area contributed by atoms with Gasteiger partial charge in [0.25, 0.3) is 0 Å². The van der Waals surface area contributed by atoms with E-state index >= 15 is 0 Å². The number of aryl methyl sites for hydroxylation is 1. The second kappa shape index (κ2) is 4.56. The zero-order valence-corrected chi connectivity index (χ0v) is 10.4. The molecule has 16 heavy (non-hydrogen) atoms. The predicted molar refractivity (Wildman–Crippen MR) is 68.7 cm³/mol. The number of rotatable bonds is 1. The quantitative estimate of drug-likeness (QED) is 0.778. The molecule has 0 amide bonds. The van der Waals surface area contributed by atoms with Crippen LogP contribution >= 0.6 is 0 Å². The summed E-state index contributed by atoms with van der Waals surface area (Å²) in [6, 6.07) is 9.02. The molecule has 1 heterocycles. The highest BCUT2D eigenvalue weighted by atomic mass is 15.2. The minimum Gasteiger partial charge on any atom is -0.333 e. The summed E-state index contributed by atoms with van der Waals surface area (Å²) in [5, 5.41) is 0. The number of nitrogens with zero attached hydrogens (tertiary/aromatic N) is 1. The van der Waals surface area contributed by atoms with Gasteiger partial charge in [-0.1, -0.05) is 31.2 Å². The fourth-order valence-electron chi connectivity index (χ4n) is 3.13. The van der Waals surface area contributed by atoms with Crippen LogP contribution in [0.5, 0.6) is 0 Å². The summed E-state index contributed by atoms with van der Waals surface area (Å²) in [6.07, 6.45) is 2.68. The Morgan fingerprint density at radius 1 is 1.25 bits per heavy atom. The van der Waals surface area contributed by atoms with Gasteiger partial charge in [0.2, 0.25) is 0 Å². The molecule has 1 aromatic carbocycles. The average Bonchev–Trinajstić information content (AvgIpc) is 2.69. The maximum Gasteiger partial charge on any atom is 0.0213 e. The molecule has 3 rings (SSSR count). The van der Waals surface area contributed by atoms with Crippen LogP contribution in [-0.4, -0.2) is 31.6 Å². The van der Waals surface area contributed by atoms with Crippen LogP contribution in [0.15, 0.2) is 24.3 Å². The molecule has 1 saturated heterocycles. The number of likely N-dealkylation sites (tertiary alicyclic amines) is 1. The molecule has 1 fully saturated rings. The zero-order chi connectivity index (χ0) is 11.6. The van der Waals surface area contributed by atoms with Crippen molar-refractivity contribution >= 4 is 0 Å². The lowest BCUT2D eigenvalue weighted by molar-refractivity contribution is 0.0717. The Morgan fingerprint density at radius 3 is 2.62 bits per heavy atom. The highest BCUT2D eigenvalue weighted by Crippen LogP contribution is 2.45. The first-order valence-electron chi connectivity index (χ1n) is 6.22. The van der Waals surface area contributed by atoms with Crippen LogP contribution in [0.25, 0.3) is 0 Å². The van der Waals surface area contributed by atoms with Gasteiger partial charge in [0, 0.05) is 18.5 Å². The molecule has 0 aromatic heterocycles. The molecule has 0 saturated carbocycles. The molecule has 0 bridgehead atoms. The monoisotopic (exact) mass is 218 g/mol. The Hall–Kier alpha value is -0.860. The van der Waals surface area contributed by atoms with Crippen LogP contribution in [0.4, 0.5) is 0 Å². The summed E-state index contributed by atoms with van der Waals surface area (Å²) in [4.78, 5) is 2.54. The van der Waals surface area contributed by atoms with E-state index in [1.165, 1.54) is 39.5 Å². The van der Waals surface area contributed by atoms with Gasteiger partial charge < -0.3 is 10.6 Å². The summed E-state index contributed by atoms with van der Waals surface area (Å²) in [5.41, 5.74) is 8.29. The average molecular weight is 218 g/mol. The van der Waals surface area contributed by atoms with E-state index in [1.54, 1.807) is 11.1 Å². The SMILES string of the molecule is CCN1CC2(CCc3ccccc32)C1.CN. The summed E-state index contributed by atoms with van der Waals surface area (Å²) in [6.45, 7) is 6.05. The van der Waals surface area contributed by atoms with E-state index in [-0.39, 0.29) is 0 Å². The summed E-state index contributed by atoms with van der Waals surface area (Å²) in [5.74, 6) is 0. The molecule has 0 atom stereocenters. The molecule has 0 unspecified atom stereocenters. The van der Waals surface area contributed by atoms with Crippen LogP contribution in [0.2, 0.25) is 0 Å². The van der Waals surface area contributed by atoms with Crippen LogP contribution in [-0.2, 0) is 11.8 Å². The third-order valence-electron chi connectivity index (χ3n) is 3.96. The Balaban J connectivity index is 0.000000457. The Morgan fingerprint density at radius 2 is 1.94 bits per heavy atom. The summed E-state index contributed by atoms with van der Waals surface area (Å²) in [7, 11) is 1.50. The van der Waals surface area contributed by atoms with E-state index < -0.39 is 0 Å². The highest BCUT2D eigenvalue weighted by molar-refractivity contribution is 5.42. The van der Waals surface area contributed by atoms with Crippen molar-refractivity contribution in [3.05, 3.63) is 35.4 Å². The third kappa shape index (κ3) is 1.66. The molecule has 2 aliphatic rings. The first-order chi connectivity index (χ1) is 7.84. The Kier molecular flexibility index (Phi) is 3.31. The first-order valence-corrected chi connectivity index (χ1v) is 6.22. The first kappa shape index (κ1) is 11.6. The lowest BCUT2D eigenvalue weighted by Gasteiger charge is -2.48. The van der Waals surface area contributed by atoms with Crippen molar-refractivity contribution in [1.29, 1.82) is 0 Å². The molecule has 0 radical (unpaired) electrons. The normalized spacial score (nSPS) is 20.9. The van der Waals surface area contributed by atoms with Crippen molar-refractivity contribution in [2.45, 2.75) is 25.2 Å². The molecule has 2 N–H and O–H groups in total. The number of hydrogen-bond acceptors (Lipinski definition) is 2. The van der Waals surface area contributed by atoms with Gasteiger partial charge >= 0.3 is 0 Å². The fraction of sp³-hybridized carbons (Fsp3) is 0.571. The molecular formula is C14H22N2. The summed E-state index contributed by atoms with van der Waals surface area (Å²) >= 11 is 0. The van der Waals surface area contributed by atoms with Gasteiger partial charge in [-0.25, -0.2) is 0 Å². The summed E-state index contributed by atoms with van der Waals surface area (Å²) < 4.78 is 0. The van der Waals surface area contributed by atoms with Crippen LogP contribution < -0.4 is 5.73 Å². The minimum atomic E-state index is 0.548. The standard InChI is InChI=1S/C13H17N.CH5N/c1-2-14-9-13(10-14)8-7-11-5-3-4-6-12(11)13;1-2/h3-6H,2,7-10H2,1H3;2H2,1H3. The van der Waals surface area contributed by atoms with E-state index in [2.05, 4.69) is 41.8 Å². The second-order valence-electron chi connectivity index (χ2n) is 4.74. The molecule has 2 heteroatoms. The second-order valence-corrected chi connectivity index (χ2v) is 4.74. The smallest absolute Gasteiger partial charge is 0.0213 e. The number of benzene rings is 1. The minimum absolute atomic E-state index is 0.548. The van der Waals surface area contributed by atoms with Gasteiger partial charge in [0.05, 0.1) is 0 Å². The molecule has 88 valence electrons. The van der Waals surface area contributed by atoms with Gasteiger partial charge in [-0.3, -0.25) is 0 Å². The molecule has 1 aliphatic heterocycles. The Bertz CT molecular complexity index is 354. The third-order valence-corrected chi connectivity index (χ3v) is 3.96. The van der Waals surface area contributed by atoms with Gasteiger partial charge in [0.1, 0.15) is 0 Å². The van der Waals surface area contributed by atoms with E-state index in [1.807, 2.05) is 0 Å². The van der Waals surface area contributed by atoms with E-state index in [0.29, 0.717) is 5.41 Å². The lowest BCUT2D eigenvalue weighted by Crippen LogP contribution is -2.57. The lowest BCUT2D eigenvalue weighted by atomic mass is 9.75. The van der Waals surface area contributed by atoms with E-state index in [4.69, 9.17) is 0 Å². The maximum absolute atomic E-state index is 4.50. The molecule has 1 aliphatic carbocycles. The highest BCUT2D eigenvalue weighted by Gasteiger charge is 2.47. The topological polar surface area (TPSA) is 29.3 Å². The zero-order valence-electron chi connectivity index (χ0n) is 10.4. The van der Waals surface area contributed by atoms with Crippen LogP contribution in [0.1, 0.15) is 24.5 Å². The van der Waals surface area contributed by atoms with Crippen LogP contribution in [0, 0.1) is 0 Å². The van der Waals surface area contributed by atoms with E-state index in [9.17, 15) is 0 Å². The van der Waals surface area contributed by atoms with Crippen molar-refractivity contribution in [3.8, 4) is 0 Å². The van der Waals surface area contributed by atoms with Crippen molar-refractivity contribution in [1.82, 2.24) is 4.90 Å².